The van der Waals surface area contributed by atoms with Crippen molar-refractivity contribution in [1.29, 1.82) is 0 Å². The second kappa shape index (κ2) is 8.56. The van der Waals surface area contributed by atoms with Crippen LogP contribution in [0.25, 0.3) is 0 Å². The number of aliphatic hydroxyl groups is 1. The Morgan fingerprint density at radius 3 is 2.39 bits per heavy atom. The highest BCUT2D eigenvalue weighted by molar-refractivity contribution is 6.18. The second-order valence-corrected chi connectivity index (χ2v) is 5.68. The molecule has 0 aliphatic rings. The molecular weight excluding hydrogens is 312 g/mol. The molecule has 0 aliphatic heterocycles. The van der Waals surface area contributed by atoms with Gasteiger partial charge in [-0.1, -0.05) is 30.3 Å². The number of hydrogen-bond acceptors (Lipinski definition) is 3. The standard InChI is InChI=1S/C18H21ClN2O2/c1-13(14-5-3-2-4-6-14)21-18(23)15-7-9-16(10-8-15)20-12-17(22)11-19/h2-10,13,17,20,22H,11-12H2,1H3,(H,21,23). The minimum absolute atomic E-state index is 0.0552. The van der Waals surface area contributed by atoms with E-state index in [1.54, 1.807) is 12.1 Å². The number of benzene rings is 2. The summed E-state index contributed by atoms with van der Waals surface area (Å²) in [5, 5.41) is 15.4. The Morgan fingerprint density at radius 2 is 1.78 bits per heavy atom. The van der Waals surface area contributed by atoms with Crippen LogP contribution in [0.15, 0.2) is 54.6 Å². The molecule has 2 unspecified atom stereocenters. The van der Waals surface area contributed by atoms with Gasteiger partial charge in [-0.25, -0.2) is 0 Å². The third-order valence-corrected chi connectivity index (χ3v) is 3.87. The first-order chi connectivity index (χ1) is 11.1. The van der Waals surface area contributed by atoms with Crippen molar-refractivity contribution in [3.8, 4) is 0 Å². The van der Waals surface area contributed by atoms with Crippen LogP contribution in [-0.4, -0.2) is 29.5 Å². The number of halogens is 1. The van der Waals surface area contributed by atoms with Gasteiger partial charge in [-0.05, 0) is 36.8 Å². The monoisotopic (exact) mass is 332 g/mol. The molecule has 2 atom stereocenters. The Morgan fingerprint density at radius 1 is 1.13 bits per heavy atom. The Balaban J connectivity index is 1.92. The highest BCUT2D eigenvalue weighted by atomic mass is 35.5. The van der Waals surface area contributed by atoms with Gasteiger partial charge in [0.15, 0.2) is 0 Å². The summed E-state index contributed by atoms with van der Waals surface area (Å²) in [6.45, 7) is 2.33. The van der Waals surface area contributed by atoms with Crippen LogP contribution >= 0.6 is 11.6 Å². The molecule has 0 radical (unpaired) electrons. The number of nitrogens with one attached hydrogen (secondary N) is 2. The number of hydrogen-bond donors (Lipinski definition) is 3. The molecule has 0 saturated carbocycles. The molecule has 0 aliphatic carbocycles. The van der Waals surface area contributed by atoms with Crippen LogP contribution < -0.4 is 10.6 Å². The number of carbonyl (C=O) groups excluding carboxylic acids is 1. The van der Waals surface area contributed by atoms with Gasteiger partial charge in [-0.2, -0.15) is 0 Å². The number of aliphatic hydroxyl groups excluding tert-OH is 1. The molecule has 0 bridgehead atoms. The first-order valence-corrected chi connectivity index (χ1v) is 8.07. The van der Waals surface area contributed by atoms with Gasteiger partial charge in [0, 0.05) is 17.8 Å². The van der Waals surface area contributed by atoms with E-state index in [0.29, 0.717) is 12.1 Å². The van der Waals surface area contributed by atoms with Gasteiger partial charge >= 0.3 is 0 Å². The normalized spacial score (nSPS) is 13.2. The summed E-state index contributed by atoms with van der Waals surface area (Å²) in [5.74, 6) is 0.0684. The second-order valence-electron chi connectivity index (χ2n) is 5.37. The van der Waals surface area contributed by atoms with Crippen molar-refractivity contribution in [2.24, 2.45) is 0 Å². The van der Waals surface area contributed by atoms with Gasteiger partial charge in [-0.15, -0.1) is 11.6 Å². The minimum Gasteiger partial charge on any atom is -0.390 e. The molecule has 5 heteroatoms. The quantitative estimate of drug-likeness (QED) is 0.682. The van der Waals surface area contributed by atoms with E-state index in [1.807, 2.05) is 49.4 Å². The van der Waals surface area contributed by atoms with E-state index in [9.17, 15) is 9.90 Å². The third-order valence-electron chi connectivity index (χ3n) is 3.51. The van der Waals surface area contributed by atoms with Crippen LogP contribution in [0.1, 0.15) is 28.9 Å². The Kier molecular flexibility index (Phi) is 6.44. The highest BCUT2D eigenvalue weighted by Crippen LogP contribution is 2.14. The van der Waals surface area contributed by atoms with Crippen molar-refractivity contribution >= 4 is 23.2 Å². The van der Waals surface area contributed by atoms with Gasteiger partial charge < -0.3 is 15.7 Å². The van der Waals surface area contributed by atoms with Crippen LogP contribution in [0.2, 0.25) is 0 Å². The van der Waals surface area contributed by atoms with Crippen LogP contribution in [0.3, 0.4) is 0 Å². The predicted octanol–water partition coefficient (Wildman–Crippen LogP) is 3.19. The lowest BCUT2D eigenvalue weighted by molar-refractivity contribution is 0.0940. The fourth-order valence-electron chi connectivity index (χ4n) is 2.13. The van der Waals surface area contributed by atoms with Crippen molar-refractivity contribution < 1.29 is 9.90 Å². The van der Waals surface area contributed by atoms with Crippen LogP contribution in [0.4, 0.5) is 5.69 Å². The number of amides is 1. The molecule has 0 fully saturated rings. The summed E-state index contributed by atoms with van der Waals surface area (Å²) in [6, 6.07) is 16.9. The minimum atomic E-state index is -0.591. The molecule has 2 rings (SSSR count). The molecule has 122 valence electrons. The first kappa shape index (κ1) is 17.3. The number of alkyl halides is 1. The zero-order valence-electron chi connectivity index (χ0n) is 13.0. The Labute approximate surface area is 141 Å². The van der Waals surface area contributed by atoms with Gasteiger partial charge in [-0.3, -0.25) is 4.79 Å². The van der Waals surface area contributed by atoms with E-state index < -0.39 is 6.10 Å². The highest BCUT2D eigenvalue weighted by Gasteiger charge is 2.11. The predicted molar refractivity (Wildman–Crippen MR) is 94.0 cm³/mol. The summed E-state index contributed by atoms with van der Waals surface area (Å²) < 4.78 is 0. The average molecular weight is 333 g/mol. The zero-order chi connectivity index (χ0) is 16.7. The maximum absolute atomic E-state index is 12.3. The molecule has 2 aromatic carbocycles. The SMILES string of the molecule is CC(NC(=O)c1ccc(NCC(O)CCl)cc1)c1ccccc1. The molecule has 23 heavy (non-hydrogen) atoms. The van der Waals surface area contributed by atoms with E-state index in [0.717, 1.165) is 11.3 Å². The average Bonchev–Trinajstić information content (AvgIpc) is 2.60. The van der Waals surface area contributed by atoms with Crippen molar-refractivity contribution in [3.05, 3.63) is 65.7 Å². The summed E-state index contributed by atoms with van der Waals surface area (Å²) in [5.41, 5.74) is 2.49. The maximum atomic E-state index is 12.3. The molecule has 0 heterocycles. The summed E-state index contributed by atoms with van der Waals surface area (Å²) >= 11 is 5.54. The molecule has 2 aromatic rings. The van der Waals surface area contributed by atoms with Gasteiger partial charge in [0.2, 0.25) is 0 Å². The number of carbonyl (C=O) groups is 1. The Bertz CT molecular complexity index is 617. The summed E-state index contributed by atoms with van der Waals surface area (Å²) in [4.78, 5) is 12.3. The van der Waals surface area contributed by atoms with Crippen molar-refractivity contribution in [2.75, 3.05) is 17.7 Å². The van der Waals surface area contributed by atoms with Crippen LogP contribution in [-0.2, 0) is 0 Å². The lowest BCUT2D eigenvalue weighted by atomic mass is 10.1. The lowest BCUT2D eigenvalue weighted by Crippen LogP contribution is -2.26. The Hall–Kier alpha value is -2.04. The fourth-order valence-corrected chi connectivity index (χ4v) is 2.24. The van der Waals surface area contributed by atoms with Crippen molar-refractivity contribution in [1.82, 2.24) is 5.32 Å². The van der Waals surface area contributed by atoms with Gasteiger partial charge in [0.25, 0.3) is 5.91 Å². The summed E-state index contributed by atoms with van der Waals surface area (Å²) in [6.07, 6.45) is -0.591. The van der Waals surface area contributed by atoms with E-state index in [-0.39, 0.29) is 17.8 Å². The van der Waals surface area contributed by atoms with Crippen LogP contribution in [0.5, 0.6) is 0 Å². The summed E-state index contributed by atoms with van der Waals surface area (Å²) in [7, 11) is 0. The van der Waals surface area contributed by atoms with E-state index in [1.165, 1.54) is 0 Å². The smallest absolute Gasteiger partial charge is 0.251 e. The molecule has 0 spiro atoms. The van der Waals surface area contributed by atoms with E-state index in [4.69, 9.17) is 11.6 Å². The molecule has 4 nitrogen and oxygen atoms in total. The molecular formula is C18H21ClN2O2. The molecule has 3 N–H and O–H groups in total. The maximum Gasteiger partial charge on any atom is 0.251 e. The van der Waals surface area contributed by atoms with E-state index in [2.05, 4.69) is 10.6 Å². The van der Waals surface area contributed by atoms with Gasteiger partial charge in [0.1, 0.15) is 0 Å². The molecule has 1 amide bonds. The molecule has 0 saturated heterocycles. The van der Waals surface area contributed by atoms with E-state index >= 15 is 0 Å². The van der Waals surface area contributed by atoms with Crippen molar-refractivity contribution in [3.63, 3.8) is 0 Å². The zero-order valence-corrected chi connectivity index (χ0v) is 13.8. The fraction of sp³-hybridized carbons (Fsp3) is 0.278. The number of anilines is 1. The van der Waals surface area contributed by atoms with Gasteiger partial charge in [0.05, 0.1) is 18.0 Å². The van der Waals surface area contributed by atoms with Crippen LogP contribution in [0, 0.1) is 0 Å². The molecule has 0 aromatic heterocycles. The first-order valence-electron chi connectivity index (χ1n) is 7.54. The number of rotatable bonds is 7. The van der Waals surface area contributed by atoms with Crippen molar-refractivity contribution in [2.45, 2.75) is 19.1 Å². The topological polar surface area (TPSA) is 61.4 Å². The largest absolute Gasteiger partial charge is 0.390 e. The lowest BCUT2D eigenvalue weighted by Gasteiger charge is -2.15. The third kappa shape index (κ3) is 5.27.